The van der Waals surface area contributed by atoms with Gasteiger partial charge >= 0.3 is 0 Å². The summed E-state index contributed by atoms with van der Waals surface area (Å²) in [4.78, 5) is 23.7. The van der Waals surface area contributed by atoms with E-state index in [1.807, 2.05) is 59.1 Å². The zero-order chi connectivity index (χ0) is 24.5. The van der Waals surface area contributed by atoms with Crippen LogP contribution in [0.3, 0.4) is 0 Å². The van der Waals surface area contributed by atoms with Crippen molar-refractivity contribution in [2.45, 2.75) is 45.6 Å². The molecule has 1 unspecified atom stereocenters. The lowest BCUT2D eigenvalue weighted by molar-refractivity contribution is -0.121. The molecule has 8 heteroatoms. The van der Waals surface area contributed by atoms with Gasteiger partial charge in [-0.2, -0.15) is 5.10 Å². The Morgan fingerprint density at radius 2 is 1.91 bits per heavy atom. The predicted octanol–water partition coefficient (Wildman–Crippen LogP) is 4.68. The second-order valence-corrected chi connectivity index (χ2v) is 9.31. The third-order valence-electron chi connectivity index (χ3n) is 6.61. The van der Waals surface area contributed by atoms with E-state index >= 15 is 0 Å². The Kier molecular flexibility index (Phi) is 6.21. The summed E-state index contributed by atoms with van der Waals surface area (Å²) in [6.07, 6.45) is 5.61. The lowest BCUT2D eigenvalue weighted by Crippen LogP contribution is -2.49. The Bertz CT molecular complexity index is 1360. The van der Waals surface area contributed by atoms with Crippen molar-refractivity contribution < 1.29 is 4.79 Å². The van der Waals surface area contributed by atoms with E-state index in [2.05, 4.69) is 47.6 Å². The second-order valence-electron chi connectivity index (χ2n) is 9.31. The maximum absolute atomic E-state index is 12.7. The summed E-state index contributed by atoms with van der Waals surface area (Å²) in [6, 6.07) is 13.8. The average molecular weight is 470 g/mol. The van der Waals surface area contributed by atoms with Gasteiger partial charge in [-0.25, -0.2) is 14.5 Å². The van der Waals surface area contributed by atoms with Crippen LogP contribution in [0.25, 0.3) is 16.8 Å². The number of pyridine rings is 1. The van der Waals surface area contributed by atoms with Crippen LogP contribution in [0.5, 0.6) is 0 Å². The van der Waals surface area contributed by atoms with Crippen LogP contribution in [0.1, 0.15) is 43.9 Å². The number of anilines is 3. The van der Waals surface area contributed by atoms with E-state index in [1.54, 1.807) is 6.20 Å². The number of carbonyl (C=O) groups is 1. The molecule has 4 heterocycles. The summed E-state index contributed by atoms with van der Waals surface area (Å²) in [5.74, 6) is 1.03. The topological polar surface area (TPSA) is 87.4 Å². The van der Waals surface area contributed by atoms with Gasteiger partial charge in [-0.1, -0.05) is 13.8 Å². The zero-order valence-corrected chi connectivity index (χ0v) is 20.6. The number of nitrogens with zero attached hydrogens (tertiary/aromatic N) is 5. The average Bonchev–Trinajstić information content (AvgIpc) is 3.20. The van der Waals surface area contributed by atoms with Gasteiger partial charge in [0.1, 0.15) is 0 Å². The molecule has 1 aromatic carbocycles. The number of carbonyl (C=O) groups excluding carboxylic acids is 1. The number of amides is 1. The maximum atomic E-state index is 12.7. The quantitative estimate of drug-likeness (QED) is 0.426. The number of hydrogen-bond donors (Lipinski definition) is 2. The lowest BCUT2D eigenvalue weighted by atomic mass is 10.0. The van der Waals surface area contributed by atoms with E-state index in [4.69, 9.17) is 4.98 Å². The molecule has 1 saturated heterocycles. The van der Waals surface area contributed by atoms with E-state index in [1.165, 1.54) is 5.56 Å². The molecule has 3 aromatic heterocycles. The molecule has 5 rings (SSSR count). The van der Waals surface area contributed by atoms with E-state index in [9.17, 15) is 4.79 Å². The molecular formula is C27H31N7O. The van der Waals surface area contributed by atoms with Crippen molar-refractivity contribution >= 4 is 28.7 Å². The Labute approximate surface area is 205 Å². The number of rotatable bonds is 6. The first-order valence-electron chi connectivity index (χ1n) is 12.1. The van der Waals surface area contributed by atoms with Crippen molar-refractivity contribution in [2.24, 2.45) is 0 Å². The van der Waals surface area contributed by atoms with Gasteiger partial charge in [0.2, 0.25) is 11.9 Å². The number of piperidine rings is 1. The molecule has 0 aliphatic carbocycles. The number of likely N-dealkylation sites (N-methyl/N-ethyl adjacent to an activating group) is 1. The molecular weight excluding hydrogens is 438 g/mol. The van der Waals surface area contributed by atoms with Gasteiger partial charge < -0.3 is 15.5 Å². The first-order chi connectivity index (χ1) is 16.9. The first kappa shape index (κ1) is 23.0. The minimum atomic E-state index is -0.111. The summed E-state index contributed by atoms with van der Waals surface area (Å²) in [7, 11) is 1.84. The van der Waals surface area contributed by atoms with Crippen LogP contribution in [0, 0.1) is 6.92 Å². The fraction of sp³-hybridized carbons (Fsp3) is 0.333. The van der Waals surface area contributed by atoms with Gasteiger partial charge in [-0.3, -0.25) is 4.79 Å². The molecule has 0 spiro atoms. The molecule has 4 aromatic rings. The number of benzene rings is 1. The fourth-order valence-electron chi connectivity index (χ4n) is 4.89. The Balaban J connectivity index is 1.36. The minimum Gasteiger partial charge on any atom is -0.324 e. The van der Waals surface area contributed by atoms with Gasteiger partial charge in [0.05, 0.1) is 22.9 Å². The molecule has 1 aliphatic heterocycles. The zero-order valence-electron chi connectivity index (χ0n) is 20.6. The summed E-state index contributed by atoms with van der Waals surface area (Å²) >= 11 is 0. The van der Waals surface area contributed by atoms with Crippen LogP contribution in [0.4, 0.5) is 17.3 Å². The summed E-state index contributed by atoms with van der Waals surface area (Å²) in [5, 5.41) is 11.0. The predicted molar refractivity (Wildman–Crippen MR) is 139 cm³/mol. The summed E-state index contributed by atoms with van der Waals surface area (Å²) in [6.45, 7) is 7.18. The normalized spacial score (nSPS) is 16.3. The van der Waals surface area contributed by atoms with Gasteiger partial charge in [-0.05, 0) is 75.2 Å². The van der Waals surface area contributed by atoms with Crippen molar-refractivity contribution in [3.63, 3.8) is 0 Å². The SMILES string of the molecule is CNC1CCCN(c2ccc(Nc3nccc(-c4ccn5nc(C)c(C(C)C)c5c4)n3)cc2)C1=O. The van der Waals surface area contributed by atoms with Crippen LogP contribution in [-0.4, -0.2) is 45.1 Å². The Morgan fingerprint density at radius 1 is 1.11 bits per heavy atom. The van der Waals surface area contributed by atoms with Gasteiger partial charge in [0.15, 0.2) is 0 Å². The molecule has 2 N–H and O–H groups in total. The minimum absolute atomic E-state index is 0.111. The smallest absolute Gasteiger partial charge is 0.244 e. The highest BCUT2D eigenvalue weighted by atomic mass is 16.2. The van der Waals surface area contributed by atoms with Crippen molar-refractivity contribution in [1.29, 1.82) is 0 Å². The third kappa shape index (κ3) is 4.49. The maximum Gasteiger partial charge on any atom is 0.244 e. The Morgan fingerprint density at radius 3 is 2.66 bits per heavy atom. The van der Waals surface area contributed by atoms with Crippen molar-refractivity contribution in [3.05, 3.63) is 66.1 Å². The molecule has 8 nitrogen and oxygen atoms in total. The highest BCUT2D eigenvalue weighted by Gasteiger charge is 2.28. The molecule has 1 aliphatic rings. The van der Waals surface area contributed by atoms with Gasteiger partial charge in [0, 0.05) is 41.4 Å². The van der Waals surface area contributed by atoms with Gasteiger partial charge in [-0.15, -0.1) is 0 Å². The number of hydrogen-bond acceptors (Lipinski definition) is 6. The largest absolute Gasteiger partial charge is 0.324 e. The molecule has 1 atom stereocenters. The Hall–Kier alpha value is -3.78. The second kappa shape index (κ2) is 9.46. The van der Waals surface area contributed by atoms with Crippen molar-refractivity contribution in [2.75, 3.05) is 23.8 Å². The van der Waals surface area contributed by atoms with Crippen molar-refractivity contribution in [3.8, 4) is 11.3 Å². The molecule has 0 radical (unpaired) electrons. The van der Waals surface area contributed by atoms with Crippen LogP contribution < -0.4 is 15.5 Å². The van der Waals surface area contributed by atoms with Crippen LogP contribution in [0.2, 0.25) is 0 Å². The number of aromatic nitrogens is 4. The number of fused-ring (bicyclic) bond motifs is 1. The number of aryl methyl sites for hydroxylation is 1. The van der Waals surface area contributed by atoms with E-state index in [0.29, 0.717) is 11.9 Å². The van der Waals surface area contributed by atoms with Gasteiger partial charge in [0.25, 0.3) is 0 Å². The highest BCUT2D eigenvalue weighted by Crippen LogP contribution is 2.28. The molecule has 1 fully saturated rings. The highest BCUT2D eigenvalue weighted by molar-refractivity contribution is 5.98. The van der Waals surface area contributed by atoms with E-state index < -0.39 is 0 Å². The van der Waals surface area contributed by atoms with Crippen LogP contribution in [-0.2, 0) is 4.79 Å². The monoisotopic (exact) mass is 469 g/mol. The fourth-order valence-corrected chi connectivity index (χ4v) is 4.89. The lowest BCUT2D eigenvalue weighted by Gasteiger charge is -2.32. The van der Waals surface area contributed by atoms with E-state index in [-0.39, 0.29) is 11.9 Å². The summed E-state index contributed by atoms with van der Waals surface area (Å²) < 4.78 is 1.93. The molecule has 0 saturated carbocycles. The third-order valence-corrected chi connectivity index (χ3v) is 6.61. The van der Waals surface area contributed by atoms with Crippen LogP contribution in [0.15, 0.2) is 54.9 Å². The molecule has 1 amide bonds. The van der Waals surface area contributed by atoms with Crippen LogP contribution >= 0.6 is 0 Å². The van der Waals surface area contributed by atoms with E-state index in [0.717, 1.165) is 53.2 Å². The molecule has 0 bridgehead atoms. The molecule has 180 valence electrons. The summed E-state index contributed by atoms with van der Waals surface area (Å²) in [5.41, 5.74) is 7.04. The first-order valence-corrected chi connectivity index (χ1v) is 12.1. The standard InChI is InChI=1S/C27H31N7O/c1-17(2)25-18(3)32-34-15-12-19(16-24(25)34)22-11-13-29-27(31-22)30-20-7-9-21(10-8-20)33-14-5-6-23(28-4)26(33)35/h7-13,15-17,23,28H,5-6,14H2,1-4H3,(H,29,30,31). The number of nitrogens with one attached hydrogen (secondary N) is 2. The van der Waals surface area contributed by atoms with Crippen molar-refractivity contribution in [1.82, 2.24) is 24.9 Å². The molecule has 35 heavy (non-hydrogen) atoms.